The molecule has 0 saturated heterocycles. The van der Waals surface area contributed by atoms with Crippen LogP contribution in [0.4, 0.5) is 18.9 Å². The zero-order valence-electron chi connectivity index (χ0n) is 15.5. The smallest absolute Gasteiger partial charge is 0.416 e. The minimum Gasteiger partial charge on any atom is -0.497 e. The molecule has 0 unspecified atom stereocenters. The first-order chi connectivity index (χ1) is 13.2. The number of carbonyl (C=O) groups is 2. The van der Waals surface area contributed by atoms with Crippen molar-refractivity contribution in [1.29, 1.82) is 0 Å². The predicted molar refractivity (Wildman–Crippen MR) is 98.9 cm³/mol. The summed E-state index contributed by atoms with van der Waals surface area (Å²) in [5.41, 5.74) is 0.126. The number of hydrogen-bond donors (Lipinski definition) is 1. The summed E-state index contributed by atoms with van der Waals surface area (Å²) in [6.07, 6.45) is -4.54. The summed E-state index contributed by atoms with van der Waals surface area (Å²) in [5, 5.41) is 2.72. The van der Waals surface area contributed by atoms with E-state index in [1.165, 1.54) is 19.1 Å². The number of rotatable bonds is 7. The molecular formula is C20H21F3N2O3. The Morgan fingerprint density at radius 2 is 1.79 bits per heavy atom. The first kappa shape index (κ1) is 21.3. The molecule has 1 N–H and O–H groups in total. The monoisotopic (exact) mass is 394 g/mol. The SMILES string of the molecule is COc1ccc(CNC(=O)CCN(C(C)=O)c2cccc(C(F)(F)F)c2)cc1. The molecule has 0 heterocycles. The molecule has 0 atom stereocenters. The van der Waals surface area contributed by atoms with Crippen LogP contribution in [0.15, 0.2) is 48.5 Å². The van der Waals surface area contributed by atoms with E-state index in [2.05, 4.69) is 5.32 Å². The van der Waals surface area contributed by atoms with Crippen molar-refractivity contribution in [3.8, 4) is 5.75 Å². The molecule has 5 nitrogen and oxygen atoms in total. The number of hydrogen-bond acceptors (Lipinski definition) is 3. The second-order valence-corrected chi connectivity index (χ2v) is 6.09. The van der Waals surface area contributed by atoms with Crippen LogP contribution in [-0.2, 0) is 22.3 Å². The number of ether oxygens (including phenoxy) is 1. The number of nitrogens with zero attached hydrogens (tertiary/aromatic N) is 1. The lowest BCUT2D eigenvalue weighted by Crippen LogP contribution is -2.33. The quantitative estimate of drug-likeness (QED) is 0.778. The van der Waals surface area contributed by atoms with E-state index in [1.807, 2.05) is 12.1 Å². The average molecular weight is 394 g/mol. The van der Waals surface area contributed by atoms with E-state index >= 15 is 0 Å². The van der Waals surface area contributed by atoms with Gasteiger partial charge in [-0.3, -0.25) is 9.59 Å². The highest BCUT2D eigenvalue weighted by Crippen LogP contribution is 2.31. The summed E-state index contributed by atoms with van der Waals surface area (Å²) in [6, 6.07) is 11.6. The Kier molecular flexibility index (Phi) is 7.03. The molecule has 2 amide bonds. The highest BCUT2D eigenvalue weighted by atomic mass is 19.4. The minimum absolute atomic E-state index is 0.0227. The summed E-state index contributed by atoms with van der Waals surface area (Å²) in [7, 11) is 1.56. The maximum absolute atomic E-state index is 12.9. The molecule has 2 aromatic carbocycles. The number of anilines is 1. The van der Waals surface area contributed by atoms with Gasteiger partial charge in [0.05, 0.1) is 12.7 Å². The molecule has 0 aliphatic rings. The van der Waals surface area contributed by atoms with Crippen LogP contribution < -0.4 is 15.0 Å². The number of nitrogens with one attached hydrogen (secondary N) is 1. The van der Waals surface area contributed by atoms with Crippen LogP contribution in [0.25, 0.3) is 0 Å². The van der Waals surface area contributed by atoms with Crippen molar-refractivity contribution in [3.63, 3.8) is 0 Å². The van der Waals surface area contributed by atoms with Crippen LogP contribution in [0.2, 0.25) is 0 Å². The second kappa shape index (κ2) is 9.25. The second-order valence-electron chi connectivity index (χ2n) is 6.09. The lowest BCUT2D eigenvalue weighted by molar-refractivity contribution is -0.137. The number of carbonyl (C=O) groups excluding carboxylic acids is 2. The lowest BCUT2D eigenvalue weighted by atomic mass is 10.1. The minimum atomic E-state index is -4.51. The average Bonchev–Trinajstić information content (AvgIpc) is 2.66. The van der Waals surface area contributed by atoms with Gasteiger partial charge in [0.25, 0.3) is 0 Å². The van der Waals surface area contributed by atoms with Crippen LogP contribution in [-0.4, -0.2) is 25.5 Å². The summed E-state index contributed by atoms with van der Waals surface area (Å²) in [5.74, 6) is -0.0513. The topological polar surface area (TPSA) is 58.6 Å². The van der Waals surface area contributed by atoms with Crippen molar-refractivity contribution < 1.29 is 27.5 Å². The predicted octanol–water partition coefficient (Wildman–Crippen LogP) is 3.77. The third-order valence-corrected chi connectivity index (χ3v) is 4.08. The molecule has 0 aliphatic heterocycles. The van der Waals surface area contributed by atoms with Crippen molar-refractivity contribution in [3.05, 3.63) is 59.7 Å². The number of amides is 2. The first-order valence-electron chi connectivity index (χ1n) is 8.55. The van der Waals surface area contributed by atoms with Crippen molar-refractivity contribution in [2.24, 2.45) is 0 Å². The number of benzene rings is 2. The van der Waals surface area contributed by atoms with Crippen molar-refractivity contribution in [2.75, 3.05) is 18.6 Å². The highest BCUT2D eigenvalue weighted by Gasteiger charge is 2.31. The molecular weight excluding hydrogens is 373 g/mol. The Morgan fingerprint density at radius 3 is 2.36 bits per heavy atom. The third-order valence-electron chi connectivity index (χ3n) is 4.08. The molecule has 2 aromatic rings. The molecule has 28 heavy (non-hydrogen) atoms. The van der Waals surface area contributed by atoms with Gasteiger partial charge < -0.3 is 15.0 Å². The Labute approximate surface area is 161 Å². The lowest BCUT2D eigenvalue weighted by Gasteiger charge is -2.22. The summed E-state index contributed by atoms with van der Waals surface area (Å²) >= 11 is 0. The number of alkyl halides is 3. The molecule has 0 spiro atoms. The fourth-order valence-corrected chi connectivity index (χ4v) is 2.56. The third kappa shape index (κ3) is 6.00. The van der Waals surface area contributed by atoms with Crippen LogP contribution in [0.1, 0.15) is 24.5 Å². The molecule has 0 bridgehead atoms. The van der Waals surface area contributed by atoms with Gasteiger partial charge in [0, 0.05) is 32.1 Å². The van der Waals surface area contributed by atoms with Gasteiger partial charge in [-0.05, 0) is 35.9 Å². The van der Waals surface area contributed by atoms with Gasteiger partial charge in [-0.25, -0.2) is 0 Å². The first-order valence-corrected chi connectivity index (χ1v) is 8.55. The molecule has 0 saturated carbocycles. The van der Waals surface area contributed by atoms with Crippen molar-refractivity contribution in [2.45, 2.75) is 26.1 Å². The molecule has 0 aliphatic carbocycles. The van der Waals surface area contributed by atoms with E-state index in [1.54, 1.807) is 19.2 Å². The number of halogens is 3. The van der Waals surface area contributed by atoms with E-state index in [9.17, 15) is 22.8 Å². The van der Waals surface area contributed by atoms with Gasteiger partial charge in [0.15, 0.2) is 0 Å². The zero-order chi connectivity index (χ0) is 20.7. The van der Waals surface area contributed by atoms with Gasteiger partial charge in [-0.15, -0.1) is 0 Å². The molecule has 2 rings (SSSR count). The van der Waals surface area contributed by atoms with E-state index < -0.39 is 17.6 Å². The van der Waals surface area contributed by atoms with Gasteiger partial charge in [-0.1, -0.05) is 18.2 Å². The van der Waals surface area contributed by atoms with Crippen LogP contribution in [0.5, 0.6) is 5.75 Å². The maximum Gasteiger partial charge on any atom is 0.416 e. The normalized spacial score (nSPS) is 11.0. The van der Waals surface area contributed by atoms with Crippen LogP contribution in [0.3, 0.4) is 0 Å². The fourth-order valence-electron chi connectivity index (χ4n) is 2.56. The van der Waals surface area contributed by atoms with Gasteiger partial charge in [0.2, 0.25) is 11.8 Å². The Balaban J connectivity index is 1.95. The van der Waals surface area contributed by atoms with Gasteiger partial charge in [-0.2, -0.15) is 13.2 Å². The van der Waals surface area contributed by atoms with Crippen LogP contribution >= 0.6 is 0 Å². The maximum atomic E-state index is 12.9. The largest absolute Gasteiger partial charge is 0.497 e. The molecule has 0 aromatic heterocycles. The summed E-state index contributed by atoms with van der Waals surface area (Å²) in [6.45, 7) is 1.52. The highest BCUT2D eigenvalue weighted by molar-refractivity contribution is 5.92. The Hall–Kier alpha value is -3.03. The van der Waals surface area contributed by atoms with Crippen molar-refractivity contribution in [1.82, 2.24) is 5.32 Å². The molecule has 0 radical (unpaired) electrons. The zero-order valence-corrected chi connectivity index (χ0v) is 15.5. The standard InChI is InChI=1S/C20H21F3N2O3/c1-14(26)25(17-5-3-4-16(12-17)20(21,22)23)11-10-19(27)24-13-15-6-8-18(28-2)9-7-15/h3-9,12H,10-11,13H2,1-2H3,(H,24,27). The fraction of sp³-hybridized carbons (Fsp3) is 0.300. The van der Waals surface area contributed by atoms with E-state index in [4.69, 9.17) is 4.74 Å². The summed E-state index contributed by atoms with van der Waals surface area (Å²) < 4.78 is 43.7. The van der Waals surface area contributed by atoms with E-state index in [0.29, 0.717) is 12.3 Å². The Morgan fingerprint density at radius 1 is 1.11 bits per heavy atom. The molecule has 150 valence electrons. The molecule has 0 fully saturated rings. The Bertz CT molecular complexity index is 820. The van der Waals surface area contributed by atoms with Crippen molar-refractivity contribution >= 4 is 17.5 Å². The van der Waals surface area contributed by atoms with Gasteiger partial charge in [0.1, 0.15) is 5.75 Å². The van der Waals surface area contributed by atoms with E-state index in [-0.39, 0.29) is 24.6 Å². The summed E-state index contributed by atoms with van der Waals surface area (Å²) in [4.78, 5) is 25.1. The van der Waals surface area contributed by atoms with E-state index in [0.717, 1.165) is 22.6 Å². The molecule has 8 heteroatoms. The van der Waals surface area contributed by atoms with Gasteiger partial charge >= 0.3 is 6.18 Å². The number of methoxy groups -OCH3 is 1. The van der Waals surface area contributed by atoms with Crippen LogP contribution in [0, 0.1) is 0 Å².